The van der Waals surface area contributed by atoms with E-state index in [1.54, 1.807) is 11.8 Å². The van der Waals surface area contributed by atoms with E-state index in [-0.39, 0.29) is 55.6 Å². The Kier molecular flexibility index (Phi) is 8.86. The first-order valence-electron chi connectivity index (χ1n) is 14.4. The molecule has 2 N–H and O–H groups in total. The number of fused-ring (bicyclic) bond motifs is 2. The third-order valence-electron chi connectivity index (χ3n) is 7.80. The normalized spacial score (nSPS) is 13.9. The van der Waals surface area contributed by atoms with Gasteiger partial charge in [-0.25, -0.2) is 27.3 Å². The molecule has 0 saturated carbocycles. The number of nitrogens with zero attached hydrogens (tertiary/aromatic N) is 7. The van der Waals surface area contributed by atoms with Crippen LogP contribution in [0.15, 0.2) is 34.1 Å². The number of hydrogen-bond donors (Lipinski definition) is 2. The number of piperazine rings is 1. The maximum absolute atomic E-state index is 15.9. The summed E-state index contributed by atoms with van der Waals surface area (Å²) in [5, 5.41) is 11.7. The zero-order chi connectivity index (χ0) is 33.6. The van der Waals surface area contributed by atoms with E-state index < -0.39 is 46.2 Å². The van der Waals surface area contributed by atoms with Gasteiger partial charge in [0.05, 0.1) is 28.4 Å². The Morgan fingerprint density at radius 2 is 1.70 bits per heavy atom. The van der Waals surface area contributed by atoms with Crippen LogP contribution in [-0.2, 0) is 13.1 Å². The predicted octanol–water partition coefficient (Wildman–Crippen LogP) is 4.69. The fourth-order valence-corrected chi connectivity index (χ4v) is 6.32. The molecule has 47 heavy (non-hydrogen) atoms. The average Bonchev–Trinajstić information content (AvgIpc) is 3.49. The number of halogens is 5. The molecule has 1 saturated heterocycles. The van der Waals surface area contributed by atoms with Crippen LogP contribution < -0.4 is 26.4 Å². The number of nitrogens with one attached hydrogen (secondary N) is 2. The van der Waals surface area contributed by atoms with E-state index in [1.807, 2.05) is 11.9 Å². The number of urea groups is 1. The van der Waals surface area contributed by atoms with Gasteiger partial charge in [0.15, 0.2) is 27.2 Å². The van der Waals surface area contributed by atoms with Crippen molar-refractivity contribution in [2.75, 3.05) is 55.4 Å². The molecule has 18 heteroatoms. The van der Waals surface area contributed by atoms with E-state index >= 15 is 8.78 Å². The lowest BCUT2D eigenvalue weighted by Crippen LogP contribution is -2.45. The zero-order valence-electron chi connectivity index (χ0n) is 24.9. The third-order valence-corrected chi connectivity index (χ3v) is 8.94. The van der Waals surface area contributed by atoms with Crippen LogP contribution in [0.2, 0.25) is 5.15 Å². The maximum atomic E-state index is 15.9. The van der Waals surface area contributed by atoms with Gasteiger partial charge in [0.1, 0.15) is 29.5 Å². The van der Waals surface area contributed by atoms with Gasteiger partial charge in [-0.05, 0) is 26.1 Å². The number of rotatable bonds is 7. The minimum Gasteiger partial charge on any atom is -0.364 e. The van der Waals surface area contributed by atoms with Gasteiger partial charge in [-0.15, -0.1) is 10.2 Å². The number of anilines is 3. The minimum absolute atomic E-state index is 0.0127. The van der Waals surface area contributed by atoms with Crippen molar-refractivity contribution in [2.45, 2.75) is 20.0 Å². The molecule has 1 fully saturated rings. The highest BCUT2D eigenvalue weighted by Crippen LogP contribution is 2.33. The van der Waals surface area contributed by atoms with Crippen molar-refractivity contribution < 1.29 is 22.4 Å². The Morgan fingerprint density at radius 1 is 0.979 bits per heavy atom. The number of amides is 2. The molecule has 0 radical (unpaired) electrons. The average molecular weight is 692 g/mol. The summed E-state index contributed by atoms with van der Waals surface area (Å²) in [6, 6.07) is 0.981. The van der Waals surface area contributed by atoms with Crippen LogP contribution in [0, 0.1) is 17.5 Å². The summed E-state index contributed by atoms with van der Waals surface area (Å²) in [4.78, 5) is 46.9. The molecule has 246 valence electrons. The molecule has 0 unspecified atom stereocenters. The fourth-order valence-electron chi connectivity index (χ4n) is 5.44. The quantitative estimate of drug-likeness (QED) is 0.186. The molecule has 0 spiro atoms. The number of hydrogen-bond acceptors (Lipinski definition) is 9. The highest BCUT2D eigenvalue weighted by Gasteiger charge is 2.27. The smallest absolute Gasteiger partial charge is 0.325 e. The highest BCUT2D eigenvalue weighted by atomic mass is 35.5. The van der Waals surface area contributed by atoms with Gasteiger partial charge in [-0.1, -0.05) is 22.9 Å². The molecule has 6 rings (SSSR count). The molecule has 1 aromatic carbocycles. The topological polar surface area (TPSA) is 130 Å². The summed E-state index contributed by atoms with van der Waals surface area (Å²) in [6.45, 7) is 2.76. The fraction of sp³-hybridized carbons (Fsp3) is 0.310. The second kappa shape index (κ2) is 12.9. The number of carbonyl (C=O) groups excluding carboxylic acids is 1. The Labute approximate surface area is 272 Å². The summed E-state index contributed by atoms with van der Waals surface area (Å²) in [5.41, 5.74) is -2.15. The van der Waals surface area contributed by atoms with Crippen LogP contribution in [0.4, 0.5) is 38.9 Å². The Hall–Kier alpha value is -4.61. The SMILES string of the molecule is CCn1cc(NC(=O)Nc2nnc(-c3cn(CCF)c4c(F)c(N5CCN(C)CC5)c(F)cc4c3=O)s2)c(=O)c2cc(F)c(Cl)nc21. The van der Waals surface area contributed by atoms with Crippen molar-refractivity contribution in [1.29, 1.82) is 0 Å². The van der Waals surface area contributed by atoms with Crippen molar-refractivity contribution in [2.24, 2.45) is 0 Å². The van der Waals surface area contributed by atoms with Gasteiger partial charge in [0.25, 0.3) is 0 Å². The first-order valence-corrected chi connectivity index (χ1v) is 15.6. The number of benzene rings is 1. The molecule has 12 nitrogen and oxygen atoms in total. The van der Waals surface area contributed by atoms with Crippen molar-refractivity contribution in [1.82, 2.24) is 29.2 Å². The van der Waals surface area contributed by atoms with Crippen molar-refractivity contribution >= 4 is 67.4 Å². The van der Waals surface area contributed by atoms with Gasteiger partial charge < -0.3 is 24.3 Å². The summed E-state index contributed by atoms with van der Waals surface area (Å²) in [6.07, 6.45) is 2.55. The largest absolute Gasteiger partial charge is 0.364 e. The molecule has 2 amide bonds. The second-order valence-corrected chi connectivity index (χ2v) is 12.1. The molecule has 0 atom stereocenters. The van der Waals surface area contributed by atoms with E-state index in [0.29, 0.717) is 32.7 Å². The van der Waals surface area contributed by atoms with Crippen LogP contribution in [0.5, 0.6) is 0 Å². The van der Waals surface area contributed by atoms with E-state index in [0.717, 1.165) is 23.5 Å². The third kappa shape index (κ3) is 6.01. The lowest BCUT2D eigenvalue weighted by molar-refractivity contribution is 0.262. The van der Waals surface area contributed by atoms with Crippen LogP contribution >= 0.6 is 22.9 Å². The van der Waals surface area contributed by atoms with Gasteiger partial charge in [0, 0.05) is 45.1 Å². The van der Waals surface area contributed by atoms with Gasteiger partial charge in [-0.3, -0.25) is 14.9 Å². The predicted molar refractivity (Wildman–Crippen MR) is 172 cm³/mol. The first-order chi connectivity index (χ1) is 22.5. The molecule has 5 aromatic rings. The number of pyridine rings is 3. The van der Waals surface area contributed by atoms with Crippen molar-refractivity contribution in [3.63, 3.8) is 0 Å². The Bertz CT molecular complexity index is 2170. The van der Waals surface area contributed by atoms with Crippen LogP contribution in [0.3, 0.4) is 0 Å². The van der Waals surface area contributed by atoms with Crippen molar-refractivity contribution in [3.8, 4) is 10.6 Å². The van der Waals surface area contributed by atoms with Crippen LogP contribution in [0.25, 0.3) is 32.5 Å². The second-order valence-electron chi connectivity index (χ2n) is 10.7. The highest BCUT2D eigenvalue weighted by molar-refractivity contribution is 7.18. The first kappa shape index (κ1) is 32.3. The number of alkyl halides is 1. The van der Waals surface area contributed by atoms with Gasteiger partial charge >= 0.3 is 6.03 Å². The number of likely N-dealkylation sites (N-methyl/N-ethyl adjacent to an activating group) is 1. The minimum atomic E-state index is -0.963. The maximum Gasteiger partial charge on any atom is 0.325 e. The van der Waals surface area contributed by atoms with Crippen LogP contribution in [0.1, 0.15) is 6.92 Å². The van der Waals surface area contributed by atoms with E-state index in [1.165, 1.54) is 21.5 Å². The van der Waals surface area contributed by atoms with E-state index in [4.69, 9.17) is 11.6 Å². The summed E-state index contributed by atoms with van der Waals surface area (Å²) >= 11 is 6.55. The lowest BCUT2D eigenvalue weighted by Gasteiger charge is -2.34. The number of aromatic nitrogens is 5. The summed E-state index contributed by atoms with van der Waals surface area (Å²) in [5.74, 6) is -2.79. The van der Waals surface area contributed by atoms with Crippen LogP contribution in [-0.4, -0.2) is 75.1 Å². The molecule has 1 aliphatic rings. The molecular weight excluding hydrogens is 666 g/mol. The Balaban J connectivity index is 1.31. The molecule has 5 heterocycles. The summed E-state index contributed by atoms with van der Waals surface area (Å²) in [7, 11) is 1.90. The molecule has 4 aromatic heterocycles. The lowest BCUT2D eigenvalue weighted by atomic mass is 10.1. The van der Waals surface area contributed by atoms with E-state index in [2.05, 4.69) is 25.8 Å². The van der Waals surface area contributed by atoms with Crippen molar-refractivity contribution in [3.05, 3.63) is 67.6 Å². The molecule has 1 aliphatic heterocycles. The number of aryl methyl sites for hydroxylation is 2. The van der Waals surface area contributed by atoms with E-state index in [9.17, 15) is 23.2 Å². The molecule has 0 aliphatic carbocycles. The summed E-state index contributed by atoms with van der Waals surface area (Å²) < 4.78 is 61.7. The zero-order valence-corrected chi connectivity index (χ0v) is 26.5. The monoisotopic (exact) mass is 691 g/mol. The standard InChI is InChI=1S/C29H26ClF4N9O3S/c1-3-41-13-19(24(45)15-11-18(33)25(30)36-26(15)41)35-28(46)37-29-39-38-27(47-29)16-12-43(5-4-31)21-14(23(16)44)10-17(32)22(20(21)34)42-8-6-40(2)7-9-42/h10-13H,3-9H2,1-2H3,(H2,35,37,39,46). The number of carbonyl (C=O) groups is 1. The molecule has 0 bridgehead atoms. The van der Waals surface area contributed by atoms with Gasteiger partial charge in [0.2, 0.25) is 10.6 Å². The molecular formula is C29H26ClF4N9O3S. The Morgan fingerprint density at radius 3 is 2.40 bits per heavy atom. The van der Waals surface area contributed by atoms with Gasteiger partial charge in [-0.2, -0.15) is 0 Å².